The summed E-state index contributed by atoms with van der Waals surface area (Å²) in [4.78, 5) is 22.0. The number of carbonyl (C=O) groups is 1. The predicted octanol–water partition coefficient (Wildman–Crippen LogP) is 4.58. The molecule has 0 N–H and O–H groups in total. The largest absolute Gasteiger partial charge is 0.338 e. The van der Waals surface area contributed by atoms with E-state index in [0.29, 0.717) is 23.3 Å². The molecule has 0 atom stereocenters. The van der Waals surface area contributed by atoms with E-state index in [1.54, 1.807) is 0 Å². The van der Waals surface area contributed by atoms with Gasteiger partial charge in [0.25, 0.3) is 0 Å². The highest BCUT2D eigenvalue weighted by atomic mass is 35.5. The molecule has 5 rings (SSSR count). The van der Waals surface area contributed by atoms with Crippen LogP contribution in [0.5, 0.6) is 0 Å². The SMILES string of the molecule is O=C(C1CCN(Cc2nc(-c3cccc(Cl)c3)no2)CC1)N1CCCc2ccccc21. The van der Waals surface area contributed by atoms with E-state index in [1.807, 2.05) is 35.2 Å². The summed E-state index contributed by atoms with van der Waals surface area (Å²) in [6.07, 6.45) is 3.80. The molecule has 0 spiro atoms. The van der Waals surface area contributed by atoms with Gasteiger partial charge in [0.1, 0.15) is 0 Å². The van der Waals surface area contributed by atoms with E-state index < -0.39 is 0 Å². The fourth-order valence-corrected chi connectivity index (χ4v) is 4.77. The average Bonchev–Trinajstić information content (AvgIpc) is 3.27. The first-order valence-electron chi connectivity index (χ1n) is 10.9. The van der Waals surface area contributed by atoms with Gasteiger partial charge in [-0.05, 0) is 62.5 Å². The molecule has 3 aromatic rings. The standard InChI is InChI=1S/C24H25ClN4O2/c25-20-8-3-6-19(15-20)23-26-22(31-27-23)16-28-13-10-18(11-14-28)24(30)29-12-4-7-17-5-1-2-9-21(17)29/h1-3,5-6,8-9,15,18H,4,7,10-14,16H2. The number of benzene rings is 2. The average molecular weight is 437 g/mol. The molecular formula is C24H25ClN4O2. The Hall–Kier alpha value is -2.70. The first-order chi connectivity index (χ1) is 15.2. The highest BCUT2D eigenvalue weighted by molar-refractivity contribution is 6.30. The zero-order valence-electron chi connectivity index (χ0n) is 17.3. The number of aryl methyl sites for hydroxylation is 1. The summed E-state index contributed by atoms with van der Waals surface area (Å²) < 4.78 is 5.45. The van der Waals surface area contributed by atoms with E-state index in [-0.39, 0.29) is 11.8 Å². The van der Waals surface area contributed by atoms with E-state index >= 15 is 0 Å². The normalized spacial score (nSPS) is 17.5. The Kier molecular flexibility index (Phi) is 5.74. The minimum Gasteiger partial charge on any atom is -0.338 e. The van der Waals surface area contributed by atoms with Crippen LogP contribution >= 0.6 is 11.6 Å². The number of rotatable bonds is 4. The summed E-state index contributed by atoms with van der Waals surface area (Å²) in [5.41, 5.74) is 3.22. The summed E-state index contributed by atoms with van der Waals surface area (Å²) >= 11 is 6.06. The van der Waals surface area contributed by atoms with Gasteiger partial charge in [0.05, 0.1) is 6.54 Å². The zero-order valence-corrected chi connectivity index (χ0v) is 18.1. The smallest absolute Gasteiger partial charge is 0.241 e. The maximum atomic E-state index is 13.2. The van der Waals surface area contributed by atoms with Crippen molar-refractivity contribution in [3.05, 3.63) is 65.0 Å². The number of carbonyl (C=O) groups excluding carboxylic acids is 1. The summed E-state index contributed by atoms with van der Waals surface area (Å²) in [6, 6.07) is 15.7. The van der Waals surface area contributed by atoms with Crippen LogP contribution in [-0.2, 0) is 17.8 Å². The van der Waals surface area contributed by atoms with Crippen LogP contribution in [0.25, 0.3) is 11.4 Å². The quantitative estimate of drug-likeness (QED) is 0.599. The number of para-hydroxylation sites is 1. The Balaban J connectivity index is 1.18. The number of anilines is 1. The lowest BCUT2D eigenvalue weighted by Gasteiger charge is -2.36. The molecule has 7 heteroatoms. The van der Waals surface area contributed by atoms with Crippen molar-refractivity contribution in [1.82, 2.24) is 15.0 Å². The third-order valence-electron chi connectivity index (χ3n) is 6.22. The van der Waals surface area contributed by atoms with Crippen LogP contribution in [0.4, 0.5) is 5.69 Å². The van der Waals surface area contributed by atoms with Gasteiger partial charge in [0.2, 0.25) is 17.6 Å². The number of fused-ring (bicyclic) bond motifs is 1. The Labute approximate surface area is 186 Å². The second-order valence-corrected chi connectivity index (χ2v) is 8.73. The number of amides is 1. The number of halogens is 1. The van der Waals surface area contributed by atoms with Gasteiger partial charge in [0, 0.05) is 28.7 Å². The second kappa shape index (κ2) is 8.81. The molecule has 6 nitrogen and oxygen atoms in total. The van der Waals surface area contributed by atoms with Gasteiger partial charge in [-0.3, -0.25) is 9.69 Å². The summed E-state index contributed by atoms with van der Waals surface area (Å²) in [6.45, 7) is 3.12. The summed E-state index contributed by atoms with van der Waals surface area (Å²) in [7, 11) is 0. The number of aromatic nitrogens is 2. The molecule has 2 aliphatic heterocycles. The molecule has 0 bridgehead atoms. The van der Waals surface area contributed by atoms with Crippen LogP contribution in [0, 0.1) is 5.92 Å². The van der Waals surface area contributed by atoms with Crippen molar-refractivity contribution in [2.24, 2.45) is 5.92 Å². The molecule has 2 aliphatic rings. The van der Waals surface area contributed by atoms with Gasteiger partial charge in [-0.1, -0.05) is 47.1 Å². The second-order valence-electron chi connectivity index (χ2n) is 8.29. The maximum absolute atomic E-state index is 13.2. The van der Waals surface area contributed by atoms with Crippen molar-refractivity contribution in [3.8, 4) is 11.4 Å². The van der Waals surface area contributed by atoms with Crippen molar-refractivity contribution in [2.45, 2.75) is 32.2 Å². The maximum Gasteiger partial charge on any atom is 0.241 e. The van der Waals surface area contributed by atoms with Crippen LogP contribution in [0.3, 0.4) is 0 Å². The summed E-state index contributed by atoms with van der Waals surface area (Å²) in [5.74, 6) is 1.48. The van der Waals surface area contributed by atoms with Crippen LogP contribution in [0.2, 0.25) is 5.02 Å². The first kappa shape index (κ1) is 20.2. The van der Waals surface area contributed by atoms with Crippen LogP contribution in [0.1, 0.15) is 30.7 Å². The van der Waals surface area contributed by atoms with E-state index in [9.17, 15) is 4.79 Å². The third kappa shape index (κ3) is 4.36. The van der Waals surface area contributed by atoms with E-state index in [0.717, 1.165) is 56.6 Å². The third-order valence-corrected chi connectivity index (χ3v) is 6.46. The number of piperidine rings is 1. The molecule has 0 radical (unpaired) electrons. The van der Waals surface area contributed by atoms with Crippen molar-refractivity contribution in [3.63, 3.8) is 0 Å². The number of nitrogens with zero attached hydrogens (tertiary/aromatic N) is 4. The molecule has 0 aliphatic carbocycles. The van der Waals surface area contributed by atoms with E-state index in [1.165, 1.54) is 5.56 Å². The number of hydrogen-bond donors (Lipinski definition) is 0. The predicted molar refractivity (Wildman–Crippen MR) is 120 cm³/mol. The monoisotopic (exact) mass is 436 g/mol. The molecule has 1 aromatic heterocycles. The molecule has 3 heterocycles. The molecule has 2 aromatic carbocycles. The van der Waals surface area contributed by atoms with Gasteiger partial charge in [0.15, 0.2) is 0 Å². The van der Waals surface area contributed by atoms with E-state index in [4.69, 9.17) is 16.1 Å². The Morgan fingerprint density at radius 3 is 2.77 bits per heavy atom. The van der Waals surface area contributed by atoms with Crippen molar-refractivity contribution >= 4 is 23.2 Å². The minimum absolute atomic E-state index is 0.0760. The van der Waals surface area contributed by atoms with Gasteiger partial charge in [-0.15, -0.1) is 0 Å². The Morgan fingerprint density at radius 2 is 1.94 bits per heavy atom. The molecule has 1 amide bonds. The molecule has 0 unspecified atom stereocenters. The van der Waals surface area contributed by atoms with Gasteiger partial charge in [-0.25, -0.2) is 0 Å². The van der Waals surface area contributed by atoms with Crippen molar-refractivity contribution in [2.75, 3.05) is 24.5 Å². The lowest BCUT2D eigenvalue weighted by Crippen LogP contribution is -2.44. The number of likely N-dealkylation sites (tertiary alicyclic amines) is 1. The van der Waals surface area contributed by atoms with Crippen LogP contribution < -0.4 is 4.90 Å². The highest BCUT2D eigenvalue weighted by Gasteiger charge is 2.31. The molecule has 1 fully saturated rings. The van der Waals surface area contributed by atoms with Gasteiger partial charge >= 0.3 is 0 Å². The van der Waals surface area contributed by atoms with E-state index in [2.05, 4.69) is 33.2 Å². The minimum atomic E-state index is 0.0760. The van der Waals surface area contributed by atoms with Crippen molar-refractivity contribution in [1.29, 1.82) is 0 Å². The summed E-state index contributed by atoms with van der Waals surface area (Å²) in [5, 5.41) is 4.73. The fourth-order valence-electron chi connectivity index (χ4n) is 4.58. The zero-order chi connectivity index (χ0) is 21.2. The molecule has 1 saturated heterocycles. The molecule has 31 heavy (non-hydrogen) atoms. The molecular weight excluding hydrogens is 412 g/mol. The topological polar surface area (TPSA) is 62.5 Å². The first-order valence-corrected chi connectivity index (χ1v) is 11.3. The highest BCUT2D eigenvalue weighted by Crippen LogP contribution is 2.30. The van der Waals surface area contributed by atoms with Gasteiger partial charge in [-0.2, -0.15) is 4.98 Å². The molecule has 160 valence electrons. The van der Waals surface area contributed by atoms with Crippen LogP contribution in [-0.4, -0.2) is 40.6 Å². The van der Waals surface area contributed by atoms with Crippen LogP contribution in [0.15, 0.2) is 53.1 Å². The van der Waals surface area contributed by atoms with Crippen molar-refractivity contribution < 1.29 is 9.32 Å². The Bertz CT molecular complexity index is 1070. The number of hydrogen-bond acceptors (Lipinski definition) is 5. The fraction of sp³-hybridized carbons (Fsp3) is 0.375. The lowest BCUT2D eigenvalue weighted by molar-refractivity contribution is -0.124. The van der Waals surface area contributed by atoms with Gasteiger partial charge < -0.3 is 9.42 Å². The Morgan fingerprint density at radius 1 is 1.10 bits per heavy atom. The lowest BCUT2D eigenvalue weighted by atomic mass is 9.93. The molecule has 0 saturated carbocycles.